The van der Waals surface area contributed by atoms with Crippen molar-refractivity contribution in [3.8, 4) is 0 Å². The first kappa shape index (κ1) is 15.1. The van der Waals surface area contributed by atoms with Gasteiger partial charge in [0.15, 0.2) is 0 Å². The molecule has 0 radical (unpaired) electrons. The fourth-order valence-corrected chi connectivity index (χ4v) is 2.30. The molecule has 1 aliphatic carbocycles. The van der Waals surface area contributed by atoms with Gasteiger partial charge in [0.1, 0.15) is 6.61 Å². The van der Waals surface area contributed by atoms with Gasteiger partial charge in [-0.25, -0.2) is 4.79 Å². The fraction of sp³-hybridized carbons (Fsp3) is 0.375. The minimum atomic E-state index is -0.520. The summed E-state index contributed by atoms with van der Waals surface area (Å²) in [5.74, 6) is -0.669. The number of nitrogens with one attached hydrogen (secondary N) is 1. The molecule has 0 saturated heterocycles. The zero-order valence-electron chi connectivity index (χ0n) is 12.0. The standard InChI is InChI=1S/C16H19NO4/c1-20-15(18)13-9-5-6-10-14(13)17-16(19)21-11-12-7-3-2-4-8-12/h2-8,13-14H,9-11H2,1H3,(H,17,19)/t13-,14-/m1/s1. The molecule has 2 atom stereocenters. The molecule has 1 aliphatic rings. The van der Waals surface area contributed by atoms with Crippen LogP contribution in [0.2, 0.25) is 0 Å². The third kappa shape index (κ3) is 4.34. The summed E-state index contributed by atoms with van der Waals surface area (Å²) in [5, 5.41) is 2.74. The van der Waals surface area contributed by atoms with E-state index in [-0.39, 0.29) is 24.5 Å². The van der Waals surface area contributed by atoms with Crippen molar-refractivity contribution in [3.63, 3.8) is 0 Å². The summed E-state index contributed by atoms with van der Waals surface area (Å²) in [5.41, 5.74) is 0.917. The molecule has 0 bridgehead atoms. The molecule has 21 heavy (non-hydrogen) atoms. The smallest absolute Gasteiger partial charge is 0.407 e. The lowest BCUT2D eigenvalue weighted by Gasteiger charge is -2.26. The number of hydrogen-bond acceptors (Lipinski definition) is 4. The highest BCUT2D eigenvalue weighted by Gasteiger charge is 2.31. The van der Waals surface area contributed by atoms with Crippen LogP contribution in [0.3, 0.4) is 0 Å². The summed E-state index contributed by atoms with van der Waals surface area (Å²) < 4.78 is 9.93. The van der Waals surface area contributed by atoms with Crippen LogP contribution >= 0.6 is 0 Å². The van der Waals surface area contributed by atoms with E-state index in [1.807, 2.05) is 42.5 Å². The normalized spacial score (nSPS) is 20.6. The lowest BCUT2D eigenvalue weighted by atomic mass is 9.89. The average Bonchev–Trinajstić information content (AvgIpc) is 2.54. The number of esters is 1. The first-order valence-corrected chi connectivity index (χ1v) is 6.90. The molecule has 5 nitrogen and oxygen atoms in total. The lowest BCUT2D eigenvalue weighted by molar-refractivity contribution is -0.146. The molecule has 0 saturated carbocycles. The molecule has 0 fully saturated rings. The predicted molar refractivity (Wildman–Crippen MR) is 77.4 cm³/mol. The molecule has 5 heteroatoms. The summed E-state index contributed by atoms with van der Waals surface area (Å²) in [6.07, 6.45) is 4.51. The van der Waals surface area contributed by atoms with E-state index in [9.17, 15) is 9.59 Å². The molecule has 2 rings (SSSR count). The Kier molecular flexibility index (Phi) is 5.37. The number of hydrogen-bond donors (Lipinski definition) is 1. The summed E-state index contributed by atoms with van der Waals surface area (Å²) in [7, 11) is 1.35. The second-order valence-corrected chi connectivity index (χ2v) is 4.89. The first-order chi connectivity index (χ1) is 10.2. The van der Waals surface area contributed by atoms with E-state index in [2.05, 4.69) is 5.32 Å². The Hall–Kier alpha value is -2.30. The first-order valence-electron chi connectivity index (χ1n) is 6.90. The van der Waals surface area contributed by atoms with Crippen molar-refractivity contribution in [1.29, 1.82) is 0 Å². The van der Waals surface area contributed by atoms with E-state index in [4.69, 9.17) is 9.47 Å². The van der Waals surface area contributed by atoms with Gasteiger partial charge in [-0.1, -0.05) is 42.5 Å². The number of amides is 1. The van der Waals surface area contributed by atoms with Gasteiger partial charge < -0.3 is 14.8 Å². The maximum atomic E-state index is 11.8. The van der Waals surface area contributed by atoms with Crippen molar-refractivity contribution in [2.45, 2.75) is 25.5 Å². The lowest BCUT2D eigenvalue weighted by Crippen LogP contribution is -2.44. The quantitative estimate of drug-likeness (QED) is 0.683. The molecule has 0 heterocycles. The van der Waals surface area contributed by atoms with Crippen molar-refractivity contribution in [3.05, 3.63) is 48.0 Å². The van der Waals surface area contributed by atoms with Crippen molar-refractivity contribution < 1.29 is 19.1 Å². The summed E-state index contributed by atoms with van der Waals surface area (Å²) in [6.45, 7) is 0.206. The minimum Gasteiger partial charge on any atom is -0.469 e. The summed E-state index contributed by atoms with van der Waals surface area (Å²) in [4.78, 5) is 23.5. The Morgan fingerprint density at radius 1 is 1.19 bits per heavy atom. The molecular weight excluding hydrogens is 270 g/mol. The van der Waals surface area contributed by atoms with Gasteiger partial charge in [-0.3, -0.25) is 4.79 Å². The van der Waals surface area contributed by atoms with Crippen molar-refractivity contribution in [1.82, 2.24) is 5.32 Å². The van der Waals surface area contributed by atoms with Crippen LogP contribution in [0.25, 0.3) is 0 Å². The predicted octanol–water partition coefficient (Wildman–Crippen LogP) is 2.42. The van der Waals surface area contributed by atoms with Crippen LogP contribution in [-0.4, -0.2) is 25.2 Å². The van der Waals surface area contributed by atoms with Gasteiger partial charge in [-0.05, 0) is 18.4 Å². The number of methoxy groups -OCH3 is 1. The van der Waals surface area contributed by atoms with Gasteiger partial charge in [-0.2, -0.15) is 0 Å². The summed E-state index contributed by atoms with van der Waals surface area (Å²) >= 11 is 0. The number of alkyl carbamates (subject to hydrolysis) is 1. The number of rotatable bonds is 4. The number of carbonyl (C=O) groups excluding carboxylic acids is 2. The summed E-state index contributed by atoms with van der Waals surface area (Å²) in [6, 6.07) is 9.15. The molecule has 0 aliphatic heterocycles. The molecule has 1 amide bonds. The van der Waals surface area contributed by atoms with Crippen LogP contribution in [0.4, 0.5) is 4.79 Å². The van der Waals surface area contributed by atoms with Crippen LogP contribution in [0, 0.1) is 5.92 Å². The number of carbonyl (C=O) groups is 2. The van der Waals surface area contributed by atoms with E-state index in [0.717, 1.165) is 5.56 Å². The Labute approximate surface area is 123 Å². The Bertz CT molecular complexity index is 512. The number of benzene rings is 1. The maximum Gasteiger partial charge on any atom is 0.407 e. The molecule has 1 aromatic rings. The highest BCUT2D eigenvalue weighted by molar-refractivity contribution is 5.75. The van der Waals surface area contributed by atoms with E-state index in [0.29, 0.717) is 12.8 Å². The molecule has 112 valence electrons. The molecule has 0 unspecified atom stereocenters. The van der Waals surface area contributed by atoms with Crippen LogP contribution < -0.4 is 5.32 Å². The van der Waals surface area contributed by atoms with E-state index >= 15 is 0 Å². The van der Waals surface area contributed by atoms with Crippen LogP contribution in [-0.2, 0) is 20.9 Å². The van der Waals surface area contributed by atoms with Crippen LogP contribution in [0.1, 0.15) is 18.4 Å². The van der Waals surface area contributed by atoms with Gasteiger partial charge in [0.05, 0.1) is 13.0 Å². The van der Waals surface area contributed by atoms with Crippen molar-refractivity contribution >= 4 is 12.1 Å². The van der Waals surface area contributed by atoms with Gasteiger partial charge in [0, 0.05) is 6.04 Å². The number of allylic oxidation sites excluding steroid dienone is 1. The number of ether oxygens (including phenoxy) is 2. The monoisotopic (exact) mass is 289 g/mol. The van der Waals surface area contributed by atoms with E-state index in [1.165, 1.54) is 7.11 Å². The second-order valence-electron chi connectivity index (χ2n) is 4.89. The van der Waals surface area contributed by atoms with Crippen LogP contribution in [0.5, 0.6) is 0 Å². The van der Waals surface area contributed by atoms with Gasteiger partial charge in [0.25, 0.3) is 0 Å². The molecule has 0 aromatic heterocycles. The second kappa shape index (κ2) is 7.47. The minimum absolute atomic E-state index is 0.206. The topological polar surface area (TPSA) is 64.6 Å². The Balaban J connectivity index is 1.86. The Morgan fingerprint density at radius 2 is 1.90 bits per heavy atom. The highest BCUT2D eigenvalue weighted by atomic mass is 16.5. The highest BCUT2D eigenvalue weighted by Crippen LogP contribution is 2.20. The van der Waals surface area contributed by atoms with Gasteiger partial charge >= 0.3 is 12.1 Å². The molecule has 1 aromatic carbocycles. The maximum absolute atomic E-state index is 11.8. The molecular formula is C16H19NO4. The zero-order valence-corrected chi connectivity index (χ0v) is 12.0. The molecule has 0 spiro atoms. The largest absolute Gasteiger partial charge is 0.469 e. The Morgan fingerprint density at radius 3 is 2.62 bits per heavy atom. The van der Waals surface area contributed by atoms with E-state index < -0.39 is 6.09 Å². The van der Waals surface area contributed by atoms with Crippen molar-refractivity contribution in [2.75, 3.05) is 7.11 Å². The molecule has 1 N–H and O–H groups in total. The van der Waals surface area contributed by atoms with Gasteiger partial charge in [0.2, 0.25) is 0 Å². The SMILES string of the molecule is COC(=O)[C@@H]1CC=CC[C@H]1NC(=O)OCc1ccccc1. The van der Waals surface area contributed by atoms with Crippen molar-refractivity contribution in [2.24, 2.45) is 5.92 Å². The van der Waals surface area contributed by atoms with E-state index in [1.54, 1.807) is 0 Å². The average molecular weight is 289 g/mol. The van der Waals surface area contributed by atoms with Crippen LogP contribution in [0.15, 0.2) is 42.5 Å². The third-order valence-electron chi connectivity index (χ3n) is 3.45. The van der Waals surface area contributed by atoms with Gasteiger partial charge in [-0.15, -0.1) is 0 Å². The fourth-order valence-electron chi connectivity index (χ4n) is 2.30. The zero-order chi connectivity index (χ0) is 15.1. The third-order valence-corrected chi connectivity index (χ3v) is 3.45.